The molecule has 140 valence electrons. The number of benzene rings is 2. The number of non-ortho nitro benzene ring substituents is 1. The minimum atomic E-state index is -0.506. The fraction of sp³-hybridized carbons (Fsp3) is 0.0476. The number of pyridine rings is 1. The first-order chi connectivity index (χ1) is 13.5. The monoisotopic (exact) mass is 391 g/mol. The van der Waals surface area contributed by atoms with Crippen molar-refractivity contribution in [2.75, 3.05) is 5.32 Å². The third-order valence-electron chi connectivity index (χ3n) is 4.05. The number of nitro groups is 1. The number of hydrogen-bond donors (Lipinski definition) is 1. The number of aromatic nitrogens is 1. The Hall–Kier alpha value is -3.58. The number of nitrogens with one attached hydrogen (secondary N) is 1. The Kier molecular flexibility index (Phi) is 5.76. The summed E-state index contributed by atoms with van der Waals surface area (Å²) >= 11 is 5.52. The Balaban J connectivity index is 2.03. The molecule has 1 heterocycles. The lowest BCUT2D eigenvalue weighted by molar-refractivity contribution is -0.577. The highest BCUT2D eigenvalue weighted by molar-refractivity contribution is 7.81. The van der Waals surface area contributed by atoms with Crippen molar-refractivity contribution in [1.29, 1.82) is 0 Å². The fourth-order valence-electron chi connectivity index (χ4n) is 2.58. The van der Waals surface area contributed by atoms with E-state index < -0.39 is 4.92 Å². The van der Waals surface area contributed by atoms with Crippen molar-refractivity contribution >= 4 is 40.0 Å². The quantitative estimate of drug-likeness (QED) is 0.180. The highest BCUT2D eigenvalue weighted by Gasteiger charge is 2.19. The summed E-state index contributed by atoms with van der Waals surface area (Å²) in [6, 6.07) is 18.5. The fourth-order valence-corrected chi connectivity index (χ4v) is 2.90. The summed E-state index contributed by atoms with van der Waals surface area (Å²) in [5, 5.41) is 27.1. The Morgan fingerprint density at radius 1 is 1.00 bits per heavy atom. The summed E-state index contributed by atoms with van der Waals surface area (Å²) in [5.41, 5.74) is 2.36. The topological polar surface area (TPSA) is 82.1 Å². The van der Waals surface area contributed by atoms with E-state index in [4.69, 9.17) is 12.2 Å². The van der Waals surface area contributed by atoms with E-state index >= 15 is 0 Å². The van der Waals surface area contributed by atoms with Crippen molar-refractivity contribution in [1.82, 2.24) is 0 Å². The number of anilines is 1. The molecule has 0 amide bonds. The van der Waals surface area contributed by atoms with Crippen molar-refractivity contribution < 1.29 is 14.6 Å². The van der Waals surface area contributed by atoms with Gasteiger partial charge in [-0.15, -0.1) is 0 Å². The van der Waals surface area contributed by atoms with E-state index in [1.807, 2.05) is 37.3 Å². The summed E-state index contributed by atoms with van der Waals surface area (Å²) in [4.78, 5) is 10.6. The van der Waals surface area contributed by atoms with Crippen LogP contribution in [-0.4, -0.2) is 9.91 Å². The average Bonchev–Trinajstić information content (AvgIpc) is 2.70. The van der Waals surface area contributed by atoms with Crippen LogP contribution in [0.3, 0.4) is 0 Å². The smallest absolute Gasteiger partial charge is 0.269 e. The molecule has 1 N–H and O–H groups in total. The molecule has 0 bridgehead atoms. The molecule has 0 saturated heterocycles. The SMILES string of the molecule is Cc1ccc(NC(=S)/C(=C(\[O-])c2ccc([N+](=O)[O-])cc2)[n+]2ccccc2)cc1. The molecular formula is C21H17N3O3S. The zero-order chi connectivity index (χ0) is 20.1. The number of nitro benzene ring substituents is 1. The minimum absolute atomic E-state index is 0.0779. The lowest BCUT2D eigenvalue weighted by atomic mass is 10.1. The first-order valence-electron chi connectivity index (χ1n) is 8.46. The second-order valence-corrected chi connectivity index (χ2v) is 6.49. The van der Waals surface area contributed by atoms with Gasteiger partial charge in [0.05, 0.1) is 4.92 Å². The third kappa shape index (κ3) is 4.39. The highest BCUT2D eigenvalue weighted by atomic mass is 32.1. The Labute approximate surface area is 167 Å². The number of aryl methyl sites for hydroxylation is 1. The normalized spacial score (nSPS) is 11.5. The summed E-state index contributed by atoms with van der Waals surface area (Å²) in [6.07, 6.45) is 3.45. The van der Waals surface area contributed by atoms with E-state index in [0.717, 1.165) is 11.3 Å². The van der Waals surface area contributed by atoms with Gasteiger partial charge in [-0.05, 0) is 42.5 Å². The van der Waals surface area contributed by atoms with Crippen LogP contribution >= 0.6 is 12.2 Å². The molecule has 0 aliphatic heterocycles. The van der Waals surface area contributed by atoms with Crippen LogP contribution in [-0.2, 0) is 0 Å². The number of thiocarbonyl (C=S) groups is 1. The van der Waals surface area contributed by atoms with Gasteiger partial charge < -0.3 is 10.4 Å². The highest BCUT2D eigenvalue weighted by Crippen LogP contribution is 2.20. The van der Waals surface area contributed by atoms with Gasteiger partial charge >= 0.3 is 0 Å². The molecular weight excluding hydrogens is 374 g/mol. The Bertz CT molecular complexity index is 1030. The molecule has 28 heavy (non-hydrogen) atoms. The first kappa shape index (κ1) is 19.2. The molecule has 0 unspecified atom stereocenters. The van der Waals surface area contributed by atoms with Gasteiger partial charge in [-0.3, -0.25) is 10.1 Å². The van der Waals surface area contributed by atoms with Crippen LogP contribution in [0.25, 0.3) is 11.5 Å². The standard InChI is InChI=1S/C21H17N3O3S/c1-15-5-9-17(10-6-15)22-21(28)19(23-13-3-2-4-14-23)20(25)16-7-11-18(12-8-16)24(26)27/h2-14H,1H3,(H-,22,25,28). The van der Waals surface area contributed by atoms with Gasteiger partial charge in [0.15, 0.2) is 17.4 Å². The molecule has 3 aromatic rings. The maximum atomic E-state index is 13.2. The van der Waals surface area contributed by atoms with Crippen LogP contribution in [0.5, 0.6) is 0 Å². The predicted molar refractivity (Wildman–Crippen MR) is 110 cm³/mol. The molecule has 0 aliphatic rings. The molecule has 0 spiro atoms. The number of hydrogen-bond acceptors (Lipinski definition) is 4. The van der Waals surface area contributed by atoms with Crippen molar-refractivity contribution in [3.8, 4) is 0 Å². The predicted octanol–water partition coefficient (Wildman–Crippen LogP) is 3.32. The summed E-state index contributed by atoms with van der Waals surface area (Å²) < 4.78 is 1.63. The molecule has 3 rings (SSSR count). The van der Waals surface area contributed by atoms with Crippen LogP contribution < -0.4 is 15.0 Å². The third-order valence-corrected chi connectivity index (χ3v) is 4.35. The van der Waals surface area contributed by atoms with Gasteiger partial charge in [0.2, 0.25) is 5.70 Å². The second kappa shape index (κ2) is 8.41. The number of nitrogens with zero attached hydrogens (tertiary/aromatic N) is 2. The summed E-state index contributed by atoms with van der Waals surface area (Å²) in [7, 11) is 0. The summed E-state index contributed by atoms with van der Waals surface area (Å²) in [6.45, 7) is 1.98. The van der Waals surface area contributed by atoms with Gasteiger partial charge in [0.1, 0.15) is 0 Å². The van der Waals surface area contributed by atoms with Crippen molar-refractivity contribution in [3.63, 3.8) is 0 Å². The largest absolute Gasteiger partial charge is 0.867 e. The van der Waals surface area contributed by atoms with E-state index in [-0.39, 0.29) is 22.1 Å². The van der Waals surface area contributed by atoms with Gasteiger partial charge in [-0.1, -0.05) is 36.0 Å². The molecule has 0 saturated carbocycles. The summed E-state index contributed by atoms with van der Waals surface area (Å²) in [5.74, 6) is -0.337. The maximum Gasteiger partial charge on any atom is 0.269 e. The second-order valence-electron chi connectivity index (χ2n) is 6.08. The van der Waals surface area contributed by atoms with E-state index in [9.17, 15) is 15.2 Å². The average molecular weight is 391 g/mol. The van der Waals surface area contributed by atoms with Crippen LogP contribution in [0.1, 0.15) is 11.1 Å². The molecule has 0 radical (unpaired) electrons. The molecule has 2 aromatic carbocycles. The van der Waals surface area contributed by atoms with E-state index in [1.54, 1.807) is 29.1 Å². The molecule has 0 atom stereocenters. The molecule has 6 nitrogen and oxygen atoms in total. The zero-order valence-corrected chi connectivity index (χ0v) is 15.8. The lowest BCUT2D eigenvalue weighted by Crippen LogP contribution is -2.39. The van der Waals surface area contributed by atoms with Crippen LogP contribution in [0.4, 0.5) is 11.4 Å². The van der Waals surface area contributed by atoms with Gasteiger partial charge in [0, 0.05) is 30.0 Å². The van der Waals surface area contributed by atoms with Gasteiger partial charge in [-0.25, -0.2) is 0 Å². The minimum Gasteiger partial charge on any atom is -0.867 e. The van der Waals surface area contributed by atoms with Crippen LogP contribution in [0.15, 0.2) is 79.1 Å². The Morgan fingerprint density at radius 3 is 2.18 bits per heavy atom. The van der Waals surface area contributed by atoms with Crippen LogP contribution in [0, 0.1) is 17.0 Å². The van der Waals surface area contributed by atoms with E-state index in [2.05, 4.69) is 5.32 Å². The van der Waals surface area contributed by atoms with E-state index in [1.165, 1.54) is 24.3 Å². The lowest BCUT2D eigenvalue weighted by Gasteiger charge is -2.17. The van der Waals surface area contributed by atoms with Crippen molar-refractivity contribution in [3.05, 3.63) is 100 Å². The van der Waals surface area contributed by atoms with Crippen molar-refractivity contribution in [2.24, 2.45) is 0 Å². The first-order valence-corrected chi connectivity index (χ1v) is 8.87. The molecule has 7 heteroatoms. The number of rotatable bonds is 5. The molecule has 0 aliphatic carbocycles. The molecule has 0 fully saturated rings. The van der Waals surface area contributed by atoms with Gasteiger partial charge in [-0.2, -0.15) is 4.57 Å². The Morgan fingerprint density at radius 2 is 1.61 bits per heavy atom. The maximum absolute atomic E-state index is 13.2. The zero-order valence-electron chi connectivity index (χ0n) is 15.0. The van der Waals surface area contributed by atoms with Crippen molar-refractivity contribution in [2.45, 2.75) is 6.92 Å². The molecule has 1 aromatic heterocycles. The van der Waals surface area contributed by atoms with Crippen LogP contribution in [0.2, 0.25) is 0 Å². The van der Waals surface area contributed by atoms with Gasteiger partial charge in [0.25, 0.3) is 5.69 Å². The van der Waals surface area contributed by atoms with E-state index in [0.29, 0.717) is 5.56 Å².